The van der Waals surface area contributed by atoms with Gasteiger partial charge in [-0.2, -0.15) is 0 Å². The van der Waals surface area contributed by atoms with Crippen LogP contribution in [0.15, 0.2) is 48.5 Å². The lowest BCUT2D eigenvalue weighted by atomic mass is 10.1. The van der Waals surface area contributed by atoms with E-state index in [2.05, 4.69) is 5.32 Å². The fourth-order valence-electron chi connectivity index (χ4n) is 2.76. The number of nitrogens with one attached hydrogen (secondary N) is 1. The molecule has 0 radical (unpaired) electrons. The Labute approximate surface area is 145 Å². The highest BCUT2D eigenvalue weighted by Gasteiger charge is 2.32. The molecule has 2 aromatic rings. The number of ether oxygens (including phenoxy) is 1. The van der Waals surface area contributed by atoms with Crippen molar-refractivity contribution in [2.24, 2.45) is 0 Å². The van der Waals surface area contributed by atoms with E-state index < -0.39 is 6.10 Å². The van der Waals surface area contributed by atoms with E-state index in [0.717, 1.165) is 5.56 Å². The Morgan fingerprint density at radius 3 is 2.64 bits per heavy atom. The van der Waals surface area contributed by atoms with Crippen LogP contribution in [0.25, 0.3) is 0 Å². The van der Waals surface area contributed by atoms with Crippen LogP contribution < -0.4 is 15.0 Å². The van der Waals surface area contributed by atoms with Crippen LogP contribution in [0.2, 0.25) is 0 Å². The van der Waals surface area contributed by atoms with Crippen LogP contribution in [-0.4, -0.2) is 31.0 Å². The van der Waals surface area contributed by atoms with E-state index in [9.17, 15) is 14.0 Å². The maximum atomic E-state index is 12.9. The summed E-state index contributed by atoms with van der Waals surface area (Å²) in [5.74, 6) is -0.184. The quantitative estimate of drug-likeness (QED) is 0.927. The molecule has 0 bridgehead atoms. The molecule has 1 N–H and O–H groups in total. The number of rotatable bonds is 4. The first-order valence-electron chi connectivity index (χ1n) is 8.10. The molecule has 0 saturated heterocycles. The molecule has 0 aromatic heterocycles. The SMILES string of the molecule is CC(=O)N1C[C@@H](C(=O)NCCc2ccc(F)cc2)Oc2ccccc21. The number of fused-ring (bicyclic) bond motifs is 1. The molecule has 3 rings (SSSR count). The van der Waals surface area contributed by atoms with E-state index in [1.807, 2.05) is 6.07 Å². The summed E-state index contributed by atoms with van der Waals surface area (Å²) >= 11 is 0. The molecular weight excluding hydrogens is 323 g/mol. The third kappa shape index (κ3) is 3.96. The van der Waals surface area contributed by atoms with Crippen molar-refractivity contribution >= 4 is 17.5 Å². The number of carbonyl (C=O) groups excluding carboxylic acids is 2. The van der Waals surface area contributed by atoms with E-state index in [1.165, 1.54) is 19.1 Å². The Morgan fingerprint density at radius 2 is 1.92 bits per heavy atom. The van der Waals surface area contributed by atoms with Gasteiger partial charge in [0, 0.05) is 13.5 Å². The number of anilines is 1. The van der Waals surface area contributed by atoms with E-state index >= 15 is 0 Å². The average molecular weight is 342 g/mol. The number of amides is 2. The van der Waals surface area contributed by atoms with E-state index in [1.54, 1.807) is 35.2 Å². The summed E-state index contributed by atoms with van der Waals surface area (Å²) < 4.78 is 18.6. The second kappa shape index (κ2) is 7.34. The number of nitrogens with zero attached hydrogens (tertiary/aromatic N) is 1. The van der Waals surface area contributed by atoms with Gasteiger partial charge in [0.25, 0.3) is 5.91 Å². The molecule has 0 fully saturated rings. The Balaban J connectivity index is 1.61. The summed E-state index contributed by atoms with van der Waals surface area (Å²) in [4.78, 5) is 25.8. The molecule has 0 aliphatic carbocycles. The predicted octanol–water partition coefficient (Wildman–Crippen LogP) is 2.30. The smallest absolute Gasteiger partial charge is 0.262 e. The van der Waals surface area contributed by atoms with Gasteiger partial charge in [0.2, 0.25) is 5.91 Å². The van der Waals surface area contributed by atoms with Crippen LogP contribution in [0.3, 0.4) is 0 Å². The molecule has 5 nitrogen and oxygen atoms in total. The van der Waals surface area contributed by atoms with Crippen LogP contribution in [0, 0.1) is 5.82 Å². The number of halogens is 1. The van der Waals surface area contributed by atoms with Crippen LogP contribution in [0.4, 0.5) is 10.1 Å². The molecule has 0 unspecified atom stereocenters. The van der Waals surface area contributed by atoms with Crippen molar-refractivity contribution < 1.29 is 18.7 Å². The highest BCUT2D eigenvalue weighted by atomic mass is 19.1. The van der Waals surface area contributed by atoms with Gasteiger partial charge in [-0.05, 0) is 36.2 Å². The summed E-state index contributed by atoms with van der Waals surface area (Å²) in [6.45, 7) is 2.05. The van der Waals surface area contributed by atoms with Crippen LogP contribution >= 0.6 is 0 Å². The largest absolute Gasteiger partial charge is 0.477 e. The Morgan fingerprint density at radius 1 is 1.20 bits per heavy atom. The molecule has 2 amide bonds. The van der Waals surface area contributed by atoms with Gasteiger partial charge in [-0.3, -0.25) is 9.59 Å². The molecule has 1 aliphatic rings. The van der Waals surface area contributed by atoms with Crippen LogP contribution in [-0.2, 0) is 16.0 Å². The summed E-state index contributed by atoms with van der Waals surface area (Å²) in [7, 11) is 0. The lowest BCUT2D eigenvalue weighted by molar-refractivity contribution is -0.128. The first-order chi connectivity index (χ1) is 12.0. The highest BCUT2D eigenvalue weighted by Crippen LogP contribution is 2.33. The first-order valence-corrected chi connectivity index (χ1v) is 8.10. The number of carbonyl (C=O) groups is 2. The molecule has 1 atom stereocenters. The van der Waals surface area contributed by atoms with Gasteiger partial charge in [0.1, 0.15) is 11.6 Å². The predicted molar refractivity (Wildman–Crippen MR) is 92.0 cm³/mol. The molecule has 2 aromatic carbocycles. The Bertz CT molecular complexity index is 776. The Kier molecular flexibility index (Phi) is 4.97. The van der Waals surface area contributed by atoms with Crippen molar-refractivity contribution in [2.75, 3.05) is 18.0 Å². The minimum Gasteiger partial charge on any atom is -0.477 e. The Hall–Kier alpha value is -2.89. The van der Waals surface area contributed by atoms with Crippen LogP contribution in [0.5, 0.6) is 5.75 Å². The highest BCUT2D eigenvalue weighted by molar-refractivity contribution is 5.95. The van der Waals surface area contributed by atoms with Gasteiger partial charge < -0.3 is 15.0 Å². The van der Waals surface area contributed by atoms with Crippen molar-refractivity contribution in [1.29, 1.82) is 0 Å². The van der Waals surface area contributed by atoms with E-state index in [0.29, 0.717) is 24.4 Å². The summed E-state index contributed by atoms with van der Waals surface area (Å²) in [5.41, 5.74) is 1.60. The van der Waals surface area contributed by atoms with Crippen LogP contribution in [0.1, 0.15) is 12.5 Å². The van der Waals surface area contributed by atoms with E-state index in [-0.39, 0.29) is 24.2 Å². The molecule has 0 saturated carbocycles. The second-order valence-electron chi connectivity index (χ2n) is 5.87. The van der Waals surface area contributed by atoms with Crippen molar-refractivity contribution in [3.05, 3.63) is 59.9 Å². The lowest BCUT2D eigenvalue weighted by Crippen LogP contribution is -2.50. The minimum atomic E-state index is -0.757. The molecule has 130 valence electrons. The fraction of sp³-hybridized carbons (Fsp3) is 0.263. The molecule has 6 heteroatoms. The zero-order valence-corrected chi connectivity index (χ0v) is 13.9. The number of hydrogen-bond donors (Lipinski definition) is 1. The van der Waals surface area contributed by atoms with Crippen molar-refractivity contribution in [2.45, 2.75) is 19.4 Å². The van der Waals surface area contributed by atoms with Crippen molar-refractivity contribution in [3.63, 3.8) is 0 Å². The van der Waals surface area contributed by atoms with Gasteiger partial charge in [0.05, 0.1) is 12.2 Å². The topological polar surface area (TPSA) is 58.6 Å². The fourth-order valence-corrected chi connectivity index (χ4v) is 2.76. The maximum absolute atomic E-state index is 12.9. The van der Waals surface area contributed by atoms with Crippen molar-refractivity contribution in [3.8, 4) is 5.75 Å². The summed E-state index contributed by atoms with van der Waals surface area (Å²) in [6, 6.07) is 13.3. The van der Waals surface area contributed by atoms with Crippen molar-refractivity contribution in [1.82, 2.24) is 5.32 Å². The standard InChI is InChI=1S/C19H19FN2O3/c1-13(23)22-12-18(25-17-5-3-2-4-16(17)22)19(24)21-11-10-14-6-8-15(20)9-7-14/h2-9,18H,10-12H2,1H3,(H,21,24)/t18-/m0/s1. The maximum Gasteiger partial charge on any atom is 0.262 e. The molecular formula is C19H19FN2O3. The van der Waals surface area contributed by atoms with Gasteiger partial charge in [-0.1, -0.05) is 24.3 Å². The lowest BCUT2D eigenvalue weighted by Gasteiger charge is -2.33. The minimum absolute atomic E-state index is 0.139. The number of para-hydroxylation sites is 2. The third-order valence-corrected chi connectivity index (χ3v) is 4.07. The molecule has 25 heavy (non-hydrogen) atoms. The van der Waals surface area contributed by atoms with Gasteiger partial charge >= 0.3 is 0 Å². The van der Waals surface area contributed by atoms with Gasteiger partial charge in [-0.25, -0.2) is 4.39 Å². The monoisotopic (exact) mass is 342 g/mol. The second-order valence-corrected chi connectivity index (χ2v) is 5.87. The summed E-state index contributed by atoms with van der Waals surface area (Å²) in [5, 5.41) is 2.81. The third-order valence-electron chi connectivity index (χ3n) is 4.07. The summed E-state index contributed by atoms with van der Waals surface area (Å²) in [6.07, 6.45) is -0.168. The number of benzene rings is 2. The van der Waals surface area contributed by atoms with Gasteiger partial charge in [0.15, 0.2) is 6.10 Å². The van der Waals surface area contributed by atoms with E-state index in [4.69, 9.17) is 4.74 Å². The van der Waals surface area contributed by atoms with Gasteiger partial charge in [-0.15, -0.1) is 0 Å². The first kappa shape index (κ1) is 17.0. The normalized spacial score (nSPS) is 15.9. The zero-order chi connectivity index (χ0) is 17.8. The molecule has 1 aliphatic heterocycles. The molecule has 0 spiro atoms. The number of hydrogen-bond acceptors (Lipinski definition) is 3. The molecule has 1 heterocycles. The zero-order valence-electron chi connectivity index (χ0n) is 13.9. The average Bonchev–Trinajstić information content (AvgIpc) is 2.62.